The molecule has 0 spiro atoms. The Hall–Kier alpha value is -2.89. The standard InChI is InChI=1S/C18H27N5O6/c19-18(20)11-4-6-12(7-5-11)21-14(24)8-9-15(25)22-13(10-17(27)28)2-1-3-16(26)23-29/h4-7,13-15,21-22,24-25H,1-3,8-10H2,(H3,19,20)(H,27,28). The molecule has 0 aromatic heterocycles. The van der Waals surface area contributed by atoms with Gasteiger partial charge in [0, 0.05) is 28.9 Å². The predicted octanol–water partition coefficient (Wildman–Crippen LogP) is 0.696. The first-order valence-electron chi connectivity index (χ1n) is 9.12. The molecule has 0 aliphatic carbocycles. The number of nitrogens with zero attached hydrogens (tertiary/aromatic N) is 1. The minimum absolute atomic E-state index is 0.0611. The number of anilines is 1. The van der Waals surface area contributed by atoms with E-state index < -0.39 is 30.4 Å². The number of nitrogens with two attached hydrogens (primary N) is 1. The third kappa shape index (κ3) is 10.3. The number of aliphatic carboxylic acids is 1. The molecule has 0 radical (unpaired) electrons. The van der Waals surface area contributed by atoms with Crippen molar-refractivity contribution in [2.24, 2.45) is 10.9 Å². The topological polar surface area (TPSA) is 198 Å². The molecule has 3 atom stereocenters. The summed E-state index contributed by atoms with van der Waals surface area (Å²) in [5.74, 6) is -1.93. The summed E-state index contributed by atoms with van der Waals surface area (Å²) in [6.07, 6.45) is -1.50. The Balaban J connectivity index is 2.43. The average molecular weight is 409 g/mol. The maximum Gasteiger partial charge on any atom is 0.304 e. The van der Waals surface area contributed by atoms with Crippen LogP contribution in [0.1, 0.15) is 44.1 Å². The normalized spacial score (nSPS) is 13.9. The van der Waals surface area contributed by atoms with Gasteiger partial charge in [0.05, 0.1) is 6.42 Å². The molecule has 160 valence electrons. The van der Waals surface area contributed by atoms with E-state index in [-0.39, 0.29) is 44.4 Å². The van der Waals surface area contributed by atoms with Crippen molar-refractivity contribution in [3.8, 4) is 0 Å². The van der Waals surface area contributed by atoms with E-state index in [1.54, 1.807) is 24.3 Å². The van der Waals surface area contributed by atoms with Gasteiger partial charge < -0.3 is 26.4 Å². The van der Waals surface area contributed by atoms with Crippen LogP contribution >= 0.6 is 0 Å². The van der Waals surface area contributed by atoms with E-state index in [1.807, 2.05) is 0 Å². The second kappa shape index (κ2) is 12.5. The first kappa shape index (κ1) is 24.1. The van der Waals surface area contributed by atoms with Gasteiger partial charge in [0.2, 0.25) is 0 Å². The van der Waals surface area contributed by atoms with Crippen molar-refractivity contribution >= 4 is 23.4 Å². The number of amidine groups is 1. The molecule has 1 amide bonds. The summed E-state index contributed by atoms with van der Waals surface area (Å²) in [6.45, 7) is 0. The quantitative estimate of drug-likeness (QED) is 0.0999. The molecule has 1 aromatic rings. The number of nitroso groups, excluding NO2 is 1. The summed E-state index contributed by atoms with van der Waals surface area (Å²) in [5.41, 5.74) is 6.54. The fourth-order valence-corrected chi connectivity index (χ4v) is 2.68. The summed E-state index contributed by atoms with van der Waals surface area (Å²) in [4.78, 5) is 31.9. The highest BCUT2D eigenvalue weighted by Crippen LogP contribution is 2.13. The van der Waals surface area contributed by atoms with Crippen molar-refractivity contribution in [2.75, 3.05) is 5.32 Å². The number of aliphatic hydroxyl groups excluding tert-OH is 2. The van der Waals surface area contributed by atoms with Gasteiger partial charge in [-0.25, -0.2) is 0 Å². The number of amides is 1. The number of carboxylic acids is 1. The zero-order valence-electron chi connectivity index (χ0n) is 15.9. The molecule has 0 fully saturated rings. The molecular weight excluding hydrogens is 382 g/mol. The van der Waals surface area contributed by atoms with Gasteiger partial charge in [0.1, 0.15) is 18.3 Å². The molecule has 3 unspecified atom stereocenters. The number of carbonyl (C=O) groups excluding carboxylic acids is 1. The molecule has 0 saturated heterocycles. The molecule has 11 nitrogen and oxygen atoms in total. The lowest BCUT2D eigenvalue weighted by molar-refractivity contribution is -0.137. The number of nitrogen functional groups attached to an aromatic ring is 1. The van der Waals surface area contributed by atoms with Gasteiger partial charge in [-0.05, 0) is 49.9 Å². The Kier molecular flexibility index (Phi) is 10.4. The van der Waals surface area contributed by atoms with E-state index in [4.69, 9.17) is 16.2 Å². The Bertz CT molecular complexity index is 696. The van der Waals surface area contributed by atoms with Gasteiger partial charge in [0.25, 0.3) is 5.91 Å². The number of nitrogens with one attached hydrogen (secondary N) is 3. The van der Waals surface area contributed by atoms with E-state index in [0.29, 0.717) is 11.3 Å². The van der Waals surface area contributed by atoms with Crippen LogP contribution in [0.4, 0.5) is 5.69 Å². The van der Waals surface area contributed by atoms with Crippen molar-refractivity contribution in [3.63, 3.8) is 0 Å². The first-order valence-corrected chi connectivity index (χ1v) is 9.12. The number of aliphatic hydroxyl groups is 2. The summed E-state index contributed by atoms with van der Waals surface area (Å²) in [6, 6.07) is 6.00. The highest BCUT2D eigenvalue weighted by Gasteiger charge is 2.18. The van der Waals surface area contributed by atoms with Crippen LogP contribution in [0.3, 0.4) is 0 Å². The van der Waals surface area contributed by atoms with E-state index in [0.717, 1.165) is 0 Å². The molecule has 1 rings (SSSR count). The van der Waals surface area contributed by atoms with E-state index in [2.05, 4.69) is 15.8 Å². The fourth-order valence-electron chi connectivity index (χ4n) is 2.68. The van der Waals surface area contributed by atoms with Crippen LogP contribution < -0.4 is 16.4 Å². The van der Waals surface area contributed by atoms with E-state index >= 15 is 0 Å². The SMILES string of the molecule is N=C(N)c1ccc(NC(O)CCC(O)NC(CCCC(=O)N=O)CC(=O)O)cc1. The number of benzene rings is 1. The Labute approximate surface area is 167 Å². The molecule has 8 N–H and O–H groups in total. The minimum Gasteiger partial charge on any atom is -0.481 e. The van der Waals surface area contributed by atoms with Gasteiger partial charge in [-0.3, -0.25) is 20.3 Å². The van der Waals surface area contributed by atoms with Crippen molar-refractivity contribution in [1.82, 2.24) is 5.32 Å². The molecule has 0 aliphatic rings. The number of carbonyl (C=O) groups is 2. The van der Waals surface area contributed by atoms with Gasteiger partial charge in [-0.1, -0.05) is 0 Å². The van der Waals surface area contributed by atoms with Gasteiger partial charge >= 0.3 is 5.97 Å². The molecule has 0 aliphatic heterocycles. The zero-order valence-corrected chi connectivity index (χ0v) is 15.9. The second-order valence-electron chi connectivity index (χ2n) is 6.58. The summed E-state index contributed by atoms with van der Waals surface area (Å²) in [7, 11) is 0. The highest BCUT2D eigenvalue weighted by atomic mass is 16.4. The van der Waals surface area contributed by atoms with Crippen molar-refractivity contribution in [2.45, 2.75) is 57.0 Å². The fraction of sp³-hybridized carbons (Fsp3) is 0.500. The lowest BCUT2D eigenvalue weighted by Crippen LogP contribution is -2.40. The van der Waals surface area contributed by atoms with Crippen LogP contribution in [0, 0.1) is 10.3 Å². The monoisotopic (exact) mass is 409 g/mol. The van der Waals surface area contributed by atoms with Gasteiger partial charge in [0.15, 0.2) is 0 Å². The van der Waals surface area contributed by atoms with E-state index in [1.165, 1.54) is 0 Å². The molecule has 0 saturated carbocycles. The summed E-state index contributed by atoms with van der Waals surface area (Å²) >= 11 is 0. The first-order chi connectivity index (χ1) is 13.7. The maximum absolute atomic E-state index is 11.0. The van der Waals surface area contributed by atoms with Crippen LogP contribution in [0.25, 0.3) is 0 Å². The van der Waals surface area contributed by atoms with Gasteiger partial charge in [-0.15, -0.1) is 4.91 Å². The Morgan fingerprint density at radius 3 is 2.28 bits per heavy atom. The molecule has 1 aromatic carbocycles. The Morgan fingerprint density at radius 2 is 1.72 bits per heavy atom. The number of hydrogen-bond acceptors (Lipinski definition) is 8. The van der Waals surface area contributed by atoms with Crippen LogP contribution in [0.2, 0.25) is 0 Å². The summed E-state index contributed by atoms with van der Waals surface area (Å²) in [5, 5.41) is 44.3. The van der Waals surface area contributed by atoms with Crippen LogP contribution in [-0.2, 0) is 9.59 Å². The lowest BCUT2D eigenvalue weighted by Gasteiger charge is -2.22. The summed E-state index contributed by atoms with van der Waals surface area (Å²) < 4.78 is 0. The zero-order chi connectivity index (χ0) is 21.8. The molecule has 11 heteroatoms. The number of carboxylic acid groups (broad SMARTS) is 1. The third-order valence-electron chi connectivity index (χ3n) is 4.14. The van der Waals surface area contributed by atoms with Crippen LogP contribution in [0.5, 0.6) is 0 Å². The van der Waals surface area contributed by atoms with Gasteiger partial charge in [-0.2, -0.15) is 0 Å². The van der Waals surface area contributed by atoms with Crippen molar-refractivity contribution < 1.29 is 24.9 Å². The predicted molar refractivity (Wildman–Crippen MR) is 106 cm³/mol. The second-order valence-corrected chi connectivity index (χ2v) is 6.58. The molecule has 29 heavy (non-hydrogen) atoms. The number of rotatable bonds is 14. The van der Waals surface area contributed by atoms with Crippen molar-refractivity contribution in [1.29, 1.82) is 5.41 Å². The largest absolute Gasteiger partial charge is 0.481 e. The van der Waals surface area contributed by atoms with E-state index in [9.17, 15) is 24.7 Å². The van der Waals surface area contributed by atoms with Crippen LogP contribution in [0.15, 0.2) is 29.4 Å². The molecule has 0 heterocycles. The third-order valence-corrected chi connectivity index (χ3v) is 4.14. The lowest BCUT2D eigenvalue weighted by atomic mass is 10.1. The molecular formula is C18H27N5O6. The highest BCUT2D eigenvalue weighted by molar-refractivity contribution is 5.95. The Morgan fingerprint density at radius 1 is 1.10 bits per heavy atom. The number of hydrogen-bond donors (Lipinski definition) is 7. The smallest absolute Gasteiger partial charge is 0.304 e. The maximum atomic E-state index is 11.0. The van der Waals surface area contributed by atoms with Crippen LogP contribution in [-0.4, -0.2) is 51.5 Å². The molecule has 0 bridgehead atoms. The minimum atomic E-state index is -1.06. The average Bonchev–Trinajstić information content (AvgIpc) is 2.66. The van der Waals surface area contributed by atoms with Crippen molar-refractivity contribution in [3.05, 3.63) is 34.7 Å².